The number of esters is 2. The molecule has 1 aliphatic rings. The van der Waals surface area contributed by atoms with Gasteiger partial charge in [0.1, 0.15) is 0 Å². The number of nitrogens with one attached hydrogen (secondary N) is 2. The molecule has 0 radical (unpaired) electrons. The molecule has 1 atom stereocenters. The molecule has 1 aromatic rings. The zero-order valence-corrected chi connectivity index (χ0v) is 14.8. The van der Waals surface area contributed by atoms with Gasteiger partial charge in [0.25, 0.3) is 0 Å². The number of hydrogen-bond acceptors (Lipinski definition) is 5. The number of carbonyl (C=O) groups is 2. The van der Waals surface area contributed by atoms with E-state index in [4.69, 9.17) is 21.7 Å². The molecule has 6 nitrogen and oxygen atoms in total. The number of thiocarbonyl (C=S) groups is 1. The molecule has 0 saturated heterocycles. The molecule has 0 saturated carbocycles. The predicted molar refractivity (Wildman–Crippen MR) is 93.3 cm³/mol. The predicted octanol–water partition coefficient (Wildman–Crippen LogP) is 2.22. The van der Waals surface area contributed by atoms with Gasteiger partial charge in [0, 0.05) is 5.70 Å². The maximum atomic E-state index is 12.5. The number of benzene rings is 1. The van der Waals surface area contributed by atoms with Crippen LogP contribution in [0.2, 0.25) is 0 Å². The van der Waals surface area contributed by atoms with E-state index in [9.17, 15) is 9.59 Å². The first-order valence-electron chi connectivity index (χ1n) is 7.51. The van der Waals surface area contributed by atoms with Gasteiger partial charge in [0.2, 0.25) is 0 Å². The summed E-state index contributed by atoms with van der Waals surface area (Å²) in [6, 6.07) is 6.36. The van der Waals surface area contributed by atoms with Crippen molar-refractivity contribution in [2.24, 2.45) is 0 Å². The second-order valence-electron chi connectivity index (χ2n) is 5.64. The van der Waals surface area contributed by atoms with E-state index in [1.807, 2.05) is 0 Å². The van der Waals surface area contributed by atoms with Crippen LogP contribution in [0.3, 0.4) is 0 Å². The summed E-state index contributed by atoms with van der Waals surface area (Å²) in [4.78, 5) is 24.0. The summed E-state index contributed by atoms with van der Waals surface area (Å²) < 4.78 is 10.0. The second kappa shape index (κ2) is 7.44. The van der Waals surface area contributed by atoms with Crippen LogP contribution in [0.4, 0.5) is 0 Å². The molecule has 1 aromatic carbocycles. The highest BCUT2D eigenvalue weighted by Gasteiger charge is 2.31. The maximum Gasteiger partial charge on any atom is 0.338 e. The van der Waals surface area contributed by atoms with Gasteiger partial charge in [-0.2, -0.15) is 0 Å². The smallest absolute Gasteiger partial charge is 0.338 e. The van der Waals surface area contributed by atoms with Crippen molar-refractivity contribution in [1.29, 1.82) is 0 Å². The highest BCUT2D eigenvalue weighted by molar-refractivity contribution is 7.80. The van der Waals surface area contributed by atoms with Crippen LogP contribution in [0, 0.1) is 0 Å². The van der Waals surface area contributed by atoms with Crippen molar-refractivity contribution in [3.05, 3.63) is 46.7 Å². The molecular formula is C17H20N2O4S. The Kier molecular flexibility index (Phi) is 5.56. The molecule has 0 amide bonds. The highest BCUT2D eigenvalue weighted by atomic mass is 32.1. The maximum absolute atomic E-state index is 12.5. The third-order valence-electron chi connectivity index (χ3n) is 3.50. The molecule has 1 heterocycles. The Morgan fingerprint density at radius 1 is 1.17 bits per heavy atom. The van der Waals surface area contributed by atoms with Crippen molar-refractivity contribution in [3.63, 3.8) is 0 Å². The van der Waals surface area contributed by atoms with Crippen LogP contribution in [0.25, 0.3) is 0 Å². The lowest BCUT2D eigenvalue weighted by atomic mass is 9.95. The van der Waals surface area contributed by atoms with Crippen LogP contribution in [-0.2, 0) is 14.3 Å². The van der Waals surface area contributed by atoms with Crippen LogP contribution in [-0.4, -0.2) is 30.3 Å². The minimum absolute atomic E-state index is 0.228. The number of hydrogen-bond donors (Lipinski definition) is 2. The zero-order valence-electron chi connectivity index (χ0n) is 14.0. The average Bonchev–Trinajstić information content (AvgIpc) is 2.52. The van der Waals surface area contributed by atoms with Gasteiger partial charge in [0.15, 0.2) is 5.11 Å². The summed E-state index contributed by atoms with van der Waals surface area (Å²) in [6.07, 6.45) is -0.228. The summed E-state index contributed by atoms with van der Waals surface area (Å²) in [7, 11) is 1.33. The van der Waals surface area contributed by atoms with E-state index in [0.717, 1.165) is 5.56 Å². The van der Waals surface area contributed by atoms with Crippen LogP contribution in [0.15, 0.2) is 35.5 Å². The number of ether oxygens (including phenoxy) is 2. The molecule has 0 unspecified atom stereocenters. The highest BCUT2D eigenvalue weighted by Crippen LogP contribution is 2.28. The molecule has 128 valence electrons. The average molecular weight is 348 g/mol. The minimum Gasteiger partial charge on any atom is -0.465 e. The Morgan fingerprint density at radius 3 is 2.33 bits per heavy atom. The number of rotatable bonds is 4. The first kappa shape index (κ1) is 17.9. The molecule has 0 bridgehead atoms. The molecular weight excluding hydrogens is 328 g/mol. The summed E-state index contributed by atoms with van der Waals surface area (Å²) in [5, 5.41) is 6.45. The lowest BCUT2D eigenvalue weighted by Crippen LogP contribution is -2.45. The Balaban J connectivity index is 2.37. The van der Waals surface area contributed by atoms with Gasteiger partial charge >= 0.3 is 11.9 Å². The van der Waals surface area contributed by atoms with Gasteiger partial charge in [-0.1, -0.05) is 12.1 Å². The van der Waals surface area contributed by atoms with E-state index >= 15 is 0 Å². The molecule has 24 heavy (non-hydrogen) atoms. The van der Waals surface area contributed by atoms with Gasteiger partial charge in [-0.3, -0.25) is 0 Å². The summed E-state index contributed by atoms with van der Waals surface area (Å²) in [6.45, 7) is 5.37. The number of methoxy groups -OCH3 is 1. The van der Waals surface area contributed by atoms with Crippen LogP contribution in [0.5, 0.6) is 0 Å². The van der Waals surface area contributed by atoms with Crippen LogP contribution in [0.1, 0.15) is 42.7 Å². The SMILES string of the molecule is COC(=O)c1ccc([C@@H]2NC(=S)NC(C)=C2C(=O)OC(C)C)cc1. The van der Waals surface area contributed by atoms with E-state index in [2.05, 4.69) is 10.6 Å². The Morgan fingerprint density at radius 2 is 1.79 bits per heavy atom. The Hall–Kier alpha value is -2.41. The van der Waals surface area contributed by atoms with Gasteiger partial charge in [-0.15, -0.1) is 0 Å². The topological polar surface area (TPSA) is 76.7 Å². The fraction of sp³-hybridized carbons (Fsp3) is 0.353. The lowest BCUT2D eigenvalue weighted by Gasteiger charge is -2.30. The fourth-order valence-corrected chi connectivity index (χ4v) is 2.69. The number of allylic oxidation sites excluding steroid dienone is 1. The summed E-state index contributed by atoms with van der Waals surface area (Å²) >= 11 is 5.19. The summed E-state index contributed by atoms with van der Waals surface area (Å²) in [5.74, 6) is -0.825. The van der Waals surface area contributed by atoms with Crippen molar-refractivity contribution in [2.45, 2.75) is 32.9 Å². The molecule has 1 aliphatic heterocycles. The lowest BCUT2D eigenvalue weighted by molar-refractivity contribution is -0.143. The van der Waals surface area contributed by atoms with E-state index in [1.165, 1.54) is 7.11 Å². The molecule has 0 spiro atoms. The van der Waals surface area contributed by atoms with E-state index in [-0.39, 0.29) is 6.10 Å². The van der Waals surface area contributed by atoms with E-state index in [1.54, 1.807) is 45.0 Å². The third-order valence-corrected chi connectivity index (χ3v) is 3.72. The van der Waals surface area contributed by atoms with Gasteiger partial charge < -0.3 is 20.1 Å². The van der Waals surface area contributed by atoms with Crippen LogP contribution < -0.4 is 10.6 Å². The van der Waals surface area contributed by atoms with Crippen molar-refractivity contribution < 1.29 is 19.1 Å². The molecule has 0 aromatic heterocycles. The molecule has 2 rings (SSSR count). The Labute approximate surface area is 146 Å². The molecule has 0 aliphatic carbocycles. The van der Waals surface area contributed by atoms with Gasteiger partial charge in [-0.25, -0.2) is 9.59 Å². The minimum atomic E-state index is -0.448. The fourth-order valence-electron chi connectivity index (χ4n) is 2.42. The van der Waals surface area contributed by atoms with E-state index < -0.39 is 18.0 Å². The van der Waals surface area contributed by atoms with E-state index in [0.29, 0.717) is 21.9 Å². The molecule has 0 fully saturated rings. The van der Waals surface area contributed by atoms with Gasteiger partial charge in [0.05, 0.1) is 30.4 Å². The zero-order chi connectivity index (χ0) is 17.9. The van der Waals surface area contributed by atoms with Crippen LogP contribution >= 0.6 is 12.2 Å². The quantitative estimate of drug-likeness (QED) is 0.638. The second-order valence-corrected chi connectivity index (χ2v) is 6.05. The van der Waals surface area contributed by atoms with Crippen molar-refractivity contribution >= 4 is 29.3 Å². The normalized spacial score (nSPS) is 17.2. The van der Waals surface area contributed by atoms with Crippen molar-refractivity contribution in [2.75, 3.05) is 7.11 Å². The summed E-state index contributed by atoms with van der Waals surface area (Å²) in [5.41, 5.74) is 2.33. The first-order chi connectivity index (χ1) is 11.3. The Bertz CT molecular complexity index is 695. The van der Waals surface area contributed by atoms with Gasteiger partial charge in [-0.05, 0) is 50.7 Å². The standard InChI is InChI=1S/C17H20N2O4S/c1-9(2)23-16(21)13-10(3)18-17(24)19-14(13)11-5-7-12(8-6-11)15(20)22-4/h5-9,14H,1-4H3,(H2,18,19,24)/t14-/m0/s1. The monoisotopic (exact) mass is 348 g/mol. The molecule has 2 N–H and O–H groups in total. The first-order valence-corrected chi connectivity index (χ1v) is 7.91. The largest absolute Gasteiger partial charge is 0.465 e. The van der Waals surface area contributed by atoms with Crippen molar-refractivity contribution in [1.82, 2.24) is 10.6 Å². The number of carbonyl (C=O) groups excluding carboxylic acids is 2. The third kappa shape index (κ3) is 3.91. The molecule has 7 heteroatoms. The van der Waals surface area contributed by atoms with Crippen molar-refractivity contribution in [3.8, 4) is 0 Å².